The van der Waals surface area contributed by atoms with E-state index in [9.17, 15) is 0 Å². The zero-order valence-electron chi connectivity index (χ0n) is 8.20. The lowest BCUT2D eigenvalue weighted by Gasteiger charge is -2.07. The Morgan fingerprint density at radius 1 is 1.21 bits per heavy atom. The van der Waals surface area contributed by atoms with Crippen LogP contribution in [0.4, 0.5) is 11.6 Å². The van der Waals surface area contributed by atoms with Gasteiger partial charge in [-0.25, -0.2) is 4.98 Å². The largest absolute Gasteiger partial charge is 0.373 e. The van der Waals surface area contributed by atoms with Gasteiger partial charge in [-0.05, 0) is 12.1 Å². The monoisotopic (exact) mass is 188 g/mol. The number of pyridine rings is 2. The molecule has 2 aromatic heterocycles. The van der Waals surface area contributed by atoms with Crippen molar-refractivity contribution in [3.05, 3.63) is 24.4 Å². The highest BCUT2D eigenvalue weighted by molar-refractivity contribution is 5.90. The predicted octanol–water partition coefficient (Wildman–Crippen LogP) is 1.71. The lowest BCUT2D eigenvalue weighted by atomic mass is 10.2. The molecule has 2 heterocycles. The molecule has 4 heteroatoms. The number of nitrogens with zero attached hydrogens (tertiary/aromatic N) is 2. The number of nitrogens with one attached hydrogen (secondary N) is 2. The summed E-state index contributed by atoms with van der Waals surface area (Å²) in [6.07, 6.45) is 1.78. The molecule has 14 heavy (non-hydrogen) atoms. The van der Waals surface area contributed by atoms with Gasteiger partial charge in [-0.3, -0.25) is 4.98 Å². The summed E-state index contributed by atoms with van der Waals surface area (Å²) in [5, 5.41) is 7.09. The van der Waals surface area contributed by atoms with Crippen LogP contribution in [-0.2, 0) is 0 Å². The van der Waals surface area contributed by atoms with Crippen LogP contribution >= 0.6 is 0 Å². The molecule has 0 spiro atoms. The molecule has 0 aliphatic carbocycles. The Bertz CT molecular complexity index is 453. The Morgan fingerprint density at radius 3 is 2.79 bits per heavy atom. The third-order valence-electron chi connectivity index (χ3n) is 2.09. The van der Waals surface area contributed by atoms with Crippen molar-refractivity contribution < 1.29 is 0 Å². The first-order valence-electron chi connectivity index (χ1n) is 4.46. The highest BCUT2D eigenvalue weighted by Crippen LogP contribution is 2.21. The van der Waals surface area contributed by atoms with E-state index in [2.05, 4.69) is 20.6 Å². The maximum Gasteiger partial charge on any atom is 0.137 e. The maximum atomic E-state index is 4.38. The third kappa shape index (κ3) is 1.35. The van der Waals surface area contributed by atoms with E-state index in [-0.39, 0.29) is 0 Å². The number of rotatable bonds is 2. The van der Waals surface area contributed by atoms with Crippen LogP contribution in [0.2, 0.25) is 0 Å². The summed E-state index contributed by atoms with van der Waals surface area (Å²) in [6, 6.07) is 5.83. The summed E-state index contributed by atoms with van der Waals surface area (Å²) in [5.74, 6) is 1.67. The van der Waals surface area contributed by atoms with Gasteiger partial charge in [0, 0.05) is 31.7 Å². The molecule has 2 aromatic rings. The van der Waals surface area contributed by atoms with Crippen LogP contribution in [0.3, 0.4) is 0 Å². The summed E-state index contributed by atoms with van der Waals surface area (Å²) in [7, 11) is 3.70. The number of anilines is 2. The van der Waals surface area contributed by atoms with Gasteiger partial charge >= 0.3 is 0 Å². The second-order valence-electron chi connectivity index (χ2n) is 2.93. The molecular formula is C10H12N4. The molecule has 0 unspecified atom stereocenters. The van der Waals surface area contributed by atoms with E-state index in [4.69, 9.17) is 0 Å². The lowest BCUT2D eigenvalue weighted by molar-refractivity contribution is 1.27. The van der Waals surface area contributed by atoms with E-state index >= 15 is 0 Å². The average molecular weight is 188 g/mol. The summed E-state index contributed by atoms with van der Waals surface area (Å²) < 4.78 is 0. The Hall–Kier alpha value is -1.84. The maximum absolute atomic E-state index is 4.38. The molecule has 0 saturated heterocycles. The van der Waals surface area contributed by atoms with Gasteiger partial charge in [0.2, 0.25) is 0 Å². The third-order valence-corrected chi connectivity index (χ3v) is 2.09. The molecule has 0 amide bonds. The normalized spacial score (nSPS) is 10.1. The smallest absolute Gasteiger partial charge is 0.137 e. The average Bonchev–Trinajstić information content (AvgIpc) is 2.27. The molecule has 72 valence electrons. The van der Waals surface area contributed by atoms with E-state index in [1.54, 1.807) is 6.20 Å². The molecule has 2 N–H and O–H groups in total. The highest BCUT2D eigenvalue weighted by atomic mass is 15.0. The van der Waals surface area contributed by atoms with E-state index in [0.717, 1.165) is 22.5 Å². The summed E-state index contributed by atoms with van der Waals surface area (Å²) >= 11 is 0. The van der Waals surface area contributed by atoms with Gasteiger partial charge in [0.05, 0.1) is 5.52 Å². The fraction of sp³-hybridized carbons (Fsp3) is 0.200. The molecule has 0 saturated carbocycles. The molecule has 2 rings (SSSR count). The van der Waals surface area contributed by atoms with Crippen LogP contribution in [-0.4, -0.2) is 24.1 Å². The van der Waals surface area contributed by atoms with Crippen molar-refractivity contribution in [1.82, 2.24) is 9.97 Å². The van der Waals surface area contributed by atoms with Crippen molar-refractivity contribution in [3.63, 3.8) is 0 Å². The van der Waals surface area contributed by atoms with E-state index in [1.807, 2.05) is 32.3 Å². The van der Waals surface area contributed by atoms with Crippen molar-refractivity contribution in [1.29, 1.82) is 0 Å². The summed E-state index contributed by atoms with van der Waals surface area (Å²) in [6.45, 7) is 0. The molecule has 4 nitrogen and oxygen atoms in total. The second-order valence-corrected chi connectivity index (χ2v) is 2.93. The van der Waals surface area contributed by atoms with Crippen molar-refractivity contribution in [2.75, 3.05) is 24.7 Å². The SMILES string of the molecule is CNc1cc2ncccc2c(NC)n1. The van der Waals surface area contributed by atoms with E-state index < -0.39 is 0 Å². The number of hydrogen-bond donors (Lipinski definition) is 2. The standard InChI is InChI=1S/C10H12N4/c1-11-9-6-8-7(4-3-5-13-8)10(12-2)14-9/h3-6H,1-2H3,(H2,11,12,14). The Morgan fingerprint density at radius 2 is 2.07 bits per heavy atom. The molecule has 0 bridgehead atoms. The molecule has 0 aliphatic rings. The number of hydrogen-bond acceptors (Lipinski definition) is 4. The van der Waals surface area contributed by atoms with Crippen molar-refractivity contribution in [3.8, 4) is 0 Å². The van der Waals surface area contributed by atoms with Gasteiger partial charge in [-0.2, -0.15) is 0 Å². The van der Waals surface area contributed by atoms with E-state index in [0.29, 0.717) is 0 Å². The minimum absolute atomic E-state index is 0.820. The lowest BCUT2D eigenvalue weighted by Crippen LogP contribution is -1.99. The molecule has 0 atom stereocenters. The highest BCUT2D eigenvalue weighted by Gasteiger charge is 2.03. The van der Waals surface area contributed by atoms with Crippen molar-refractivity contribution in [2.24, 2.45) is 0 Å². The van der Waals surface area contributed by atoms with Crippen LogP contribution < -0.4 is 10.6 Å². The minimum atomic E-state index is 0.820. The van der Waals surface area contributed by atoms with Gasteiger partial charge in [0.1, 0.15) is 11.6 Å². The predicted molar refractivity (Wildman–Crippen MR) is 58.6 cm³/mol. The van der Waals surface area contributed by atoms with Gasteiger partial charge in [0.15, 0.2) is 0 Å². The number of aromatic nitrogens is 2. The second kappa shape index (κ2) is 3.49. The molecule has 0 aromatic carbocycles. The van der Waals surface area contributed by atoms with Crippen LogP contribution in [0.15, 0.2) is 24.4 Å². The Balaban J connectivity index is 2.73. The van der Waals surface area contributed by atoms with Crippen LogP contribution in [0.25, 0.3) is 10.9 Å². The molecular weight excluding hydrogens is 176 g/mol. The molecule has 0 aliphatic heterocycles. The fourth-order valence-electron chi connectivity index (χ4n) is 1.39. The number of fused-ring (bicyclic) bond motifs is 1. The van der Waals surface area contributed by atoms with Crippen molar-refractivity contribution >= 4 is 22.5 Å². The first-order valence-corrected chi connectivity index (χ1v) is 4.46. The zero-order chi connectivity index (χ0) is 9.97. The molecule has 0 radical (unpaired) electrons. The zero-order valence-corrected chi connectivity index (χ0v) is 8.20. The summed E-state index contributed by atoms with van der Waals surface area (Å²) in [5.41, 5.74) is 0.941. The molecule has 0 fully saturated rings. The van der Waals surface area contributed by atoms with Crippen molar-refractivity contribution in [2.45, 2.75) is 0 Å². The quantitative estimate of drug-likeness (QED) is 0.753. The van der Waals surface area contributed by atoms with Crippen LogP contribution in [0.5, 0.6) is 0 Å². The van der Waals surface area contributed by atoms with Gasteiger partial charge < -0.3 is 10.6 Å². The van der Waals surface area contributed by atoms with Gasteiger partial charge in [-0.15, -0.1) is 0 Å². The first kappa shape index (κ1) is 8.74. The van der Waals surface area contributed by atoms with Gasteiger partial charge in [-0.1, -0.05) is 0 Å². The van der Waals surface area contributed by atoms with Crippen LogP contribution in [0.1, 0.15) is 0 Å². The first-order chi connectivity index (χ1) is 6.85. The Labute approximate surface area is 82.4 Å². The summed E-state index contributed by atoms with van der Waals surface area (Å²) in [4.78, 5) is 8.65. The Kier molecular flexibility index (Phi) is 2.18. The van der Waals surface area contributed by atoms with E-state index in [1.165, 1.54) is 0 Å². The van der Waals surface area contributed by atoms with Crippen LogP contribution in [0, 0.1) is 0 Å². The van der Waals surface area contributed by atoms with Gasteiger partial charge in [0.25, 0.3) is 0 Å². The fourth-order valence-corrected chi connectivity index (χ4v) is 1.39. The minimum Gasteiger partial charge on any atom is -0.373 e. The topological polar surface area (TPSA) is 49.8 Å².